The van der Waals surface area contributed by atoms with Gasteiger partial charge in [-0.2, -0.15) is 0 Å². The lowest BCUT2D eigenvalue weighted by atomic mass is 10.1. The first-order chi connectivity index (χ1) is 9.99. The van der Waals surface area contributed by atoms with Crippen LogP contribution in [0, 0.1) is 6.92 Å². The zero-order chi connectivity index (χ0) is 15.4. The Morgan fingerprint density at radius 3 is 2.43 bits per heavy atom. The molecule has 1 aromatic heterocycles. The number of aromatic nitrogens is 2. The fourth-order valence-electron chi connectivity index (χ4n) is 2.08. The Bertz CT molecular complexity index is 630. The van der Waals surface area contributed by atoms with E-state index in [0.29, 0.717) is 29.3 Å². The van der Waals surface area contributed by atoms with Crippen molar-refractivity contribution >= 4 is 11.7 Å². The summed E-state index contributed by atoms with van der Waals surface area (Å²) in [7, 11) is 1.62. The molecule has 0 saturated heterocycles. The second kappa shape index (κ2) is 6.21. The molecule has 2 rings (SSSR count). The number of methoxy groups -OCH3 is 1. The van der Waals surface area contributed by atoms with E-state index in [2.05, 4.69) is 9.97 Å². The SMILES string of the molecule is COc1ccc(Cc2nc(C)c(CC(N)=O)c(N)n2)cc1. The number of carbonyl (C=O) groups is 1. The Morgan fingerprint density at radius 1 is 1.24 bits per heavy atom. The standard InChI is InChI=1S/C15H18N4O2/c1-9-12(8-13(16)20)15(17)19-14(18-9)7-10-3-5-11(21-2)6-4-10/h3-6H,7-8H2,1-2H3,(H2,16,20)(H2,17,18,19). The molecule has 6 nitrogen and oxygen atoms in total. The average molecular weight is 286 g/mol. The van der Waals surface area contributed by atoms with E-state index in [9.17, 15) is 4.79 Å². The number of hydrogen-bond acceptors (Lipinski definition) is 5. The molecule has 6 heteroatoms. The van der Waals surface area contributed by atoms with Gasteiger partial charge in [-0.3, -0.25) is 4.79 Å². The largest absolute Gasteiger partial charge is 0.497 e. The monoisotopic (exact) mass is 286 g/mol. The normalized spacial score (nSPS) is 10.4. The number of amides is 1. The summed E-state index contributed by atoms with van der Waals surface area (Å²) >= 11 is 0. The summed E-state index contributed by atoms with van der Waals surface area (Å²) in [5.74, 6) is 1.27. The van der Waals surface area contributed by atoms with Gasteiger partial charge in [-0.15, -0.1) is 0 Å². The van der Waals surface area contributed by atoms with Crippen molar-refractivity contribution in [2.45, 2.75) is 19.8 Å². The van der Waals surface area contributed by atoms with E-state index < -0.39 is 5.91 Å². The molecule has 0 aliphatic heterocycles. The van der Waals surface area contributed by atoms with Gasteiger partial charge in [-0.05, 0) is 24.6 Å². The molecule has 2 aromatic rings. The molecule has 0 unspecified atom stereocenters. The van der Waals surface area contributed by atoms with Crippen molar-refractivity contribution in [3.63, 3.8) is 0 Å². The van der Waals surface area contributed by atoms with Gasteiger partial charge in [0.2, 0.25) is 5.91 Å². The van der Waals surface area contributed by atoms with E-state index >= 15 is 0 Å². The lowest BCUT2D eigenvalue weighted by molar-refractivity contribution is -0.117. The van der Waals surface area contributed by atoms with Crippen LogP contribution in [0.15, 0.2) is 24.3 Å². The fraction of sp³-hybridized carbons (Fsp3) is 0.267. The summed E-state index contributed by atoms with van der Waals surface area (Å²) in [6.45, 7) is 1.80. The van der Waals surface area contributed by atoms with Gasteiger partial charge in [0.05, 0.1) is 13.5 Å². The van der Waals surface area contributed by atoms with E-state index in [-0.39, 0.29) is 6.42 Å². The highest BCUT2D eigenvalue weighted by molar-refractivity contribution is 5.78. The Balaban J connectivity index is 2.22. The molecule has 1 aromatic carbocycles. The van der Waals surface area contributed by atoms with E-state index in [4.69, 9.17) is 16.2 Å². The maximum Gasteiger partial charge on any atom is 0.222 e. The van der Waals surface area contributed by atoms with Crippen molar-refractivity contribution in [1.82, 2.24) is 9.97 Å². The minimum atomic E-state index is -0.448. The molecule has 4 N–H and O–H groups in total. The molecule has 110 valence electrons. The molecule has 0 aliphatic rings. The highest BCUT2D eigenvalue weighted by atomic mass is 16.5. The molecule has 0 atom stereocenters. The number of rotatable bonds is 5. The van der Waals surface area contributed by atoms with Gasteiger partial charge < -0.3 is 16.2 Å². The van der Waals surface area contributed by atoms with Crippen molar-refractivity contribution in [3.8, 4) is 5.75 Å². The van der Waals surface area contributed by atoms with Crippen molar-refractivity contribution in [3.05, 3.63) is 46.9 Å². The predicted octanol–water partition coefficient (Wildman–Crippen LogP) is 0.994. The molecule has 0 aliphatic carbocycles. The number of benzene rings is 1. The van der Waals surface area contributed by atoms with E-state index in [1.807, 2.05) is 24.3 Å². The van der Waals surface area contributed by atoms with Crippen LogP contribution in [0.25, 0.3) is 0 Å². The number of carbonyl (C=O) groups excluding carboxylic acids is 1. The summed E-state index contributed by atoms with van der Waals surface area (Å²) in [5.41, 5.74) is 13.4. The topological polar surface area (TPSA) is 104 Å². The van der Waals surface area contributed by atoms with Crippen molar-refractivity contribution < 1.29 is 9.53 Å². The molecule has 1 amide bonds. The third-order valence-electron chi connectivity index (χ3n) is 3.16. The Labute approximate surface area is 123 Å². The Hall–Kier alpha value is -2.63. The first-order valence-electron chi connectivity index (χ1n) is 6.52. The van der Waals surface area contributed by atoms with Gasteiger partial charge in [0.1, 0.15) is 17.4 Å². The zero-order valence-corrected chi connectivity index (χ0v) is 12.1. The van der Waals surface area contributed by atoms with Crippen LogP contribution in [0.2, 0.25) is 0 Å². The highest BCUT2D eigenvalue weighted by Crippen LogP contribution is 2.17. The van der Waals surface area contributed by atoms with Gasteiger partial charge >= 0.3 is 0 Å². The van der Waals surface area contributed by atoms with Gasteiger partial charge in [0.15, 0.2) is 0 Å². The first kappa shape index (κ1) is 14.8. The van der Waals surface area contributed by atoms with Crippen molar-refractivity contribution in [2.24, 2.45) is 5.73 Å². The number of primary amides is 1. The second-order valence-electron chi connectivity index (χ2n) is 4.76. The number of ether oxygens (including phenoxy) is 1. The predicted molar refractivity (Wildman–Crippen MR) is 79.9 cm³/mol. The highest BCUT2D eigenvalue weighted by Gasteiger charge is 2.12. The molecule has 0 radical (unpaired) electrons. The van der Waals surface area contributed by atoms with Crippen LogP contribution in [0.5, 0.6) is 5.75 Å². The van der Waals surface area contributed by atoms with Gasteiger partial charge in [-0.25, -0.2) is 9.97 Å². The summed E-state index contributed by atoms with van der Waals surface area (Å²) in [6.07, 6.45) is 0.617. The van der Waals surface area contributed by atoms with Crippen LogP contribution in [-0.2, 0) is 17.6 Å². The third-order valence-corrected chi connectivity index (χ3v) is 3.16. The lowest BCUT2D eigenvalue weighted by Gasteiger charge is -2.09. The molecule has 0 fully saturated rings. The summed E-state index contributed by atoms with van der Waals surface area (Å²) in [5, 5.41) is 0. The Morgan fingerprint density at radius 2 is 1.90 bits per heavy atom. The quantitative estimate of drug-likeness (QED) is 0.853. The van der Waals surface area contributed by atoms with E-state index in [1.54, 1.807) is 14.0 Å². The van der Waals surface area contributed by atoms with Gasteiger partial charge in [-0.1, -0.05) is 12.1 Å². The first-order valence-corrected chi connectivity index (χ1v) is 6.52. The van der Waals surface area contributed by atoms with E-state index in [0.717, 1.165) is 11.3 Å². The maximum absolute atomic E-state index is 11.0. The van der Waals surface area contributed by atoms with Crippen LogP contribution in [0.3, 0.4) is 0 Å². The molecular formula is C15H18N4O2. The molecule has 1 heterocycles. The number of anilines is 1. The van der Waals surface area contributed by atoms with Crippen LogP contribution in [-0.4, -0.2) is 23.0 Å². The molecule has 0 saturated carbocycles. The lowest BCUT2D eigenvalue weighted by Crippen LogP contribution is -2.17. The van der Waals surface area contributed by atoms with Crippen LogP contribution < -0.4 is 16.2 Å². The number of nitrogens with zero attached hydrogens (tertiary/aromatic N) is 2. The van der Waals surface area contributed by atoms with E-state index in [1.165, 1.54) is 0 Å². The van der Waals surface area contributed by atoms with Crippen molar-refractivity contribution in [2.75, 3.05) is 12.8 Å². The summed E-state index contributed by atoms with van der Waals surface area (Å²) < 4.78 is 5.12. The summed E-state index contributed by atoms with van der Waals surface area (Å²) in [4.78, 5) is 19.7. The Kier molecular flexibility index (Phi) is 4.37. The summed E-state index contributed by atoms with van der Waals surface area (Å²) in [6, 6.07) is 7.66. The van der Waals surface area contributed by atoms with Gasteiger partial charge in [0.25, 0.3) is 0 Å². The average Bonchev–Trinajstić information content (AvgIpc) is 2.43. The number of nitrogens with two attached hydrogens (primary N) is 2. The molecule has 0 spiro atoms. The number of nitrogen functional groups attached to an aromatic ring is 1. The molecular weight excluding hydrogens is 268 g/mol. The third kappa shape index (κ3) is 3.68. The second-order valence-corrected chi connectivity index (χ2v) is 4.76. The molecule has 0 bridgehead atoms. The minimum absolute atomic E-state index is 0.0560. The van der Waals surface area contributed by atoms with Gasteiger partial charge in [0, 0.05) is 17.7 Å². The van der Waals surface area contributed by atoms with Crippen LogP contribution >= 0.6 is 0 Å². The zero-order valence-electron chi connectivity index (χ0n) is 12.1. The number of aryl methyl sites for hydroxylation is 1. The smallest absolute Gasteiger partial charge is 0.222 e. The maximum atomic E-state index is 11.0. The van der Waals surface area contributed by atoms with Crippen molar-refractivity contribution in [1.29, 1.82) is 0 Å². The molecule has 21 heavy (non-hydrogen) atoms. The van der Waals surface area contributed by atoms with Crippen LogP contribution in [0.4, 0.5) is 5.82 Å². The fourth-order valence-corrected chi connectivity index (χ4v) is 2.08. The number of hydrogen-bond donors (Lipinski definition) is 2. The minimum Gasteiger partial charge on any atom is -0.497 e. The van der Waals surface area contributed by atoms with Crippen LogP contribution in [0.1, 0.15) is 22.6 Å².